The van der Waals surface area contributed by atoms with Crippen LogP contribution in [0.4, 0.5) is 23.7 Å². The molecule has 0 radical (unpaired) electrons. The van der Waals surface area contributed by atoms with Gasteiger partial charge in [0.15, 0.2) is 5.78 Å². The van der Waals surface area contributed by atoms with Crippen LogP contribution in [-0.4, -0.2) is 53.5 Å². The van der Waals surface area contributed by atoms with Crippen molar-refractivity contribution < 1.29 is 37.0 Å². The Labute approximate surface area is 228 Å². The van der Waals surface area contributed by atoms with Crippen LogP contribution in [0, 0.1) is 6.92 Å². The third-order valence-corrected chi connectivity index (χ3v) is 7.32. The van der Waals surface area contributed by atoms with Crippen molar-refractivity contribution >= 4 is 23.5 Å². The molecule has 0 saturated carbocycles. The van der Waals surface area contributed by atoms with Crippen LogP contribution in [0.25, 0.3) is 11.1 Å². The van der Waals surface area contributed by atoms with Crippen LogP contribution in [0.3, 0.4) is 0 Å². The van der Waals surface area contributed by atoms with E-state index in [4.69, 9.17) is 9.47 Å². The van der Waals surface area contributed by atoms with Gasteiger partial charge in [0.25, 0.3) is 5.91 Å². The van der Waals surface area contributed by atoms with Gasteiger partial charge in [-0.3, -0.25) is 14.6 Å². The summed E-state index contributed by atoms with van der Waals surface area (Å²) in [6.07, 6.45) is -2.93. The number of piperidine rings is 1. The quantitative estimate of drug-likeness (QED) is 0.434. The number of methoxy groups -OCH3 is 1. The highest BCUT2D eigenvalue weighted by Gasteiger charge is 2.44. The number of aryl methyl sites for hydroxylation is 1. The van der Waals surface area contributed by atoms with E-state index in [2.05, 4.69) is 10.3 Å². The molecular weight excluding hydrogens is 527 g/mol. The molecule has 2 aliphatic heterocycles. The maximum absolute atomic E-state index is 13.0. The van der Waals surface area contributed by atoms with Crippen LogP contribution < -0.4 is 10.1 Å². The van der Waals surface area contributed by atoms with Crippen LogP contribution in [0.2, 0.25) is 0 Å². The number of carbonyl (C=O) groups excluding carboxylic acids is 3. The Bertz CT molecular complexity index is 1500. The molecule has 1 fully saturated rings. The molecule has 1 spiro atoms. The number of pyridine rings is 1. The molecule has 3 aromatic rings. The zero-order chi connectivity index (χ0) is 28.7. The fraction of sp³-hybridized carbons (Fsp3) is 0.310. The number of hydrogen-bond acceptors (Lipinski definition) is 6. The van der Waals surface area contributed by atoms with Crippen molar-refractivity contribution in [3.8, 4) is 16.9 Å². The average Bonchev–Trinajstić information content (AvgIpc) is 2.93. The van der Waals surface area contributed by atoms with Crippen LogP contribution in [0.1, 0.15) is 51.2 Å². The van der Waals surface area contributed by atoms with E-state index in [0.717, 1.165) is 22.9 Å². The molecule has 5 rings (SSSR count). The van der Waals surface area contributed by atoms with Crippen molar-refractivity contribution in [2.45, 2.75) is 38.0 Å². The molecule has 2 aliphatic rings. The Hall–Kier alpha value is -4.41. The van der Waals surface area contributed by atoms with E-state index in [1.54, 1.807) is 41.3 Å². The van der Waals surface area contributed by atoms with Gasteiger partial charge in [-0.1, -0.05) is 12.1 Å². The van der Waals surface area contributed by atoms with Gasteiger partial charge >= 0.3 is 12.3 Å². The van der Waals surface area contributed by atoms with Gasteiger partial charge in [-0.15, -0.1) is 0 Å². The Kier molecular flexibility index (Phi) is 6.99. The molecule has 0 atom stereocenters. The number of halogens is 3. The minimum atomic E-state index is -4.67. The van der Waals surface area contributed by atoms with Crippen molar-refractivity contribution in [3.05, 3.63) is 77.1 Å². The summed E-state index contributed by atoms with van der Waals surface area (Å²) < 4.78 is 50.3. The average molecular weight is 554 g/mol. The highest BCUT2D eigenvalue weighted by molar-refractivity contribution is 6.05. The third-order valence-electron chi connectivity index (χ3n) is 7.32. The number of amides is 2. The van der Waals surface area contributed by atoms with Gasteiger partial charge in [0, 0.05) is 43.4 Å². The van der Waals surface area contributed by atoms with Crippen LogP contribution in [-0.2, 0) is 10.9 Å². The normalized spacial score (nSPS) is 16.2. The zero-order valence-corrected chi connectivity index (χ0v) is 21.8. The summed E-state index contributed by atoms with van der Waals surface area (Å²) in [7, 11) is 1.33. The van der Waals surface area contributed by atoms with E-state index < -0.39 is 29.5 Å². The highest BCUT2D eigenvalue weighted by Crippen LogP contribution is 2.41. The molecule has 2 amide bonds. The van der Waals surface area contributed by atoms with Crippen LogP contribution in [0.5, 0.6) is 5.75 Å². The van der Waals surface area contributed by atoms with Gasteiger partial charge in [0.05, 0.1) is 19.1 Å². The number of ketones is 1. The van der Waals surface area contributed by atoms with Gasteiger partial charge in [-0.2, -0.15) is 13.2 Å². The van der Waals surface area contributed by atoms with Gasteiger partial charge in [-0.25, -0.2) is 4.79 Å². The van der Waals surface area contributed by atoms with Crippen molar-refractivity contribution in [1.29, 1.82) is 0 Å². The second kappa shape index (κ2) is 10.3. The van der Waals surface area contributed by atoms with E-state index in [0.29, 0.717) is 49.0 Å². The van der Waals surface area contributed by atoms with Crippen molar-refractivity contribution in [2.75, 3.05) is 25.5 Å². The topological polar surface area (TPSA) is 97.8 Å². The fourth-order valence-corrected chi connectivity index (χ4v) is 5.11. The molecule has 0 aliphatic carbocycles. The first kappa shape index (κ1) is 27.2. The molecule has 2 aromatic carbocycles. The number of nitrogens with one attached hydrogen (secondary N) is 1. The number of fused-ring (bicyclic) bond motifs is 1. The number of carbonyl (C=O) groups is 3. The number of alkyl halides is 3. The third kappa shape index (κ3) is 5.36. The first-order valence-corrected chi connectivity index (χ1v) is 12.6. The Balaban J connectivity index is 1.38. The summed E-state index contributed by atoms with van der Waals surface area (Å²) in [4.78, 5) is 42.5. The summed E-state index contributed by atoms with van der Waals surface area (Å²) in [5.74, 6) is -0.291. The number of hydrogen-bond donors (Lipinski definition) is 1. The lowest BCUT2D eigenvalue weighted by Crippen LogP contribution is -2.52. The molecule has 40 heavy (non-hydrogen) atoms. The second-order valence-corrected chi connectivity index (χ2v) is 9.96. The van der Waals surface area contributed by atoms with Crippen LogP contribution >= 0.6 is 0 Å². The molecule has 0 unspecified atom stereocenters. The molecule has 0 bridgehead atoms. The lowest BCUT2D eigenvalue weighted by atomic mass is 9.82. The maximum Gasteiger partial charge on any atom is 0.433 e. The second-order valence-electron chi connectivity index (χ2n) is 9.96. The zero-order valence-electron chi connectivity index (χ0n) is 21.8. The van der Waals surface area contributed by atoms with E-state index in [-0.39, 0.29) is 17.8 Å². The molecule has 208 valence electrons. The predicted octanol–water partition coefficient (Wildman–Crippen LogP) is 5.89. The van der Waals surface area contributed by atoms with E-state index in [9.17, 15) is 27.6 Å². The molecule has 8 nitrogen and oxygen atoms in total. The fourth-order valence-electron chi connectivity index (χ4n) is 5.11. The lowest BCUT2D eigenvalue weighted by molar-refractivity contribution is -0.141. The minimum absolute atomic E-state index is 0.0346. The van der Waals surface area contributed by atoms with E-state index in [1.165, 1.54) is 13.2 Å². The summed E-state index contributed by atoms with van der Waals surface area (Å²) in [6, 6.07) is 12.4. The molecular formula is C29H26F3N3O5. The van der Waals surface area contributed by atoms with E-state index in [1.807, 2.05) is 6.92 Å². The van der Waals surface area contributed by atoms with Gasteiger partial charge in [-0.05, 0) is 60.0 Å². The first-order chi connectivity index (χ1) is 19.0. The summed E-state index contributed by atoms with van der Waals surface area (Å²) in [5, 5.41) is 2.65. The molecule has 11 heteroatoms. The maximum atomic E-state index is 13.0. The summed E-state index contributed by atoms with van der Waals surface area (Å²) in [6.45, 7) is 2.71. The van der Waals surface area contributed by atoms with Gasteiger partial charge < -0.3 is 19.7 Å². The standard InChI is InChI=1S/C29H26F3N3O5/c1-17-3-5-20(34-26(37)19-7-10-33-25(14-19)29(30,31)32)15-22(17)18-4-6-21-23(36)16-28(40-24(21)13-18)8-11-35(12-9-28)27(38)39-2/h3-7,10,13-15H,8-9,11-12,16H2,1-2H3,(H,34,37). The largest absolute Gasteiger partial charge is 0.486 e. The van der Waals surface area contributed by atoms with Crippen molar-refractivity contribution in [1.82, 2.24) is 9.88 Å². The van der Waals surface area contributed by atoms with Crippen molar-refractivity contribution in [2.24, 2.45) is 0 Å². The Morgan fingerprint density at radius 2 is 1.80 bits per heavy atom. The number of aromatic nitrogens is 1. The Morgan fingerprint density at radius 3 is 2.50 bits per heavy atom. The summed E-state index contributed by atoms with van der Waals surface area (Å²) >= 11 is 0. The number of Topliss-reactive ketones (excluding diaryl/α,β-unsaturated/α-hetero) is 1. The predicted molar refractivity (Wildman–Crippen MR) is 139 cm³/mol. The summed E-state index contributed by atoms with van der Waals surface area (Å²) in [5.41, 5.74) is 1.20. The highest BCUT2D eigenvalue weighted by atomic mass is 19.4. The lowest BCUT2D eigenvalue weighted by Gasteiger charge is -2.43. The Morgan fingerprint density at radius 1 is 1.05 bits per heavy atom. The SMILES string of the molecule is COC(=O)N1CCC2(CC1)CC(=O)c1ccc(-c3cc(NC(=O)c4ccnc(C(F)(F)F)c4)ccc3C)cc1O2. The van der Waals surface area contributed by atoms with Gasteiger partial charge in [0.2, 0.25) is 0 Å². The van der Waals surface area contributed by atoms with Gasteiger partial charge in [0.1, 0.15) is 17.0 Å². The number of rotatable bonds is 3. The molecule has 1 saturated heterocycles. The number of ether oxygens (including phenoxy) is 2. The smallest absolute Gasteiger partial charge is 0.433 e. The van der Waals surface area contributed by atoms with E-state index >= 15 is 0 Å². The number of anilines is 1. The molecule has 3 heterocycles. The first-order valence-electron chi connectivity index (χ1n) is 12.6. The number of benzene rings is 2. The monoisotopic (exact) mass is 553 g/mol. The minimum Gasteiger partial charge on any atom is -0.486 e. The van der Waals surface area contributed by atoms with Crippen LogP contribution in [0.15, 0.2) is 54.7 Å². The van der Waals surface area contributed by atoms with Crippen molar-refractivity contribution in [3.63, 3.8) is 0 Å². The molecule has 1 N–H and O–H groups in total. The number of likely N-dealkylation sites (tertiary alicyclic amines) is 1. The molecule has 1 aromatic heterocycles. The number of nitrogens with zero attached hydrogens (tertiary/aromatic N) is 2.